The summed E-state index contributed by atoms with van der Waals surface area (Å²) >= 11 is 0. The number of ether oxygens (including phenoxy) is 2. The van der Waals surface area contributed by atoms with Crippen molar-refractivity contribution in [1.82, 2.24) is 10.2 Å². The van der Waals surface area contributed by atoms with Crippen molar-refractivity contribution in [3.05, 3.63) is 29.8 Å². The molecule has 2 aliphatic rings. The molecule has 2 aliphatic heterocycles. The SMILES string of the molecule is C#Cc1cccc(NC(=O)CN=C(NCC)N2CCC(OCC3CCCCO3)CC2)c1. The molecule has 0 radical (unpaired) electrons. The summed E-state index contributed by atoms with van der Waals surface area (Å²) in [4.78, 5) is 19.1. The van der Waals surface area contributed by atoms with Crippen LogP contribution in [0.25, 0.3) is 0 Å². The molecule has 0 saturated carbocycles. The Labute approximate surface area is 185 Å². The highest BCUT2D eigenvalue weighted by Crippen LogP contribution is 2.18. The molecule has 2 heterocycles. The van der Waals surface area contributed by atoms with E-state index in [1.165, 1.54) is 6.42 Å². The summed E-state index contributed by atoms with van der Waals surface area (Å²) in [6.07, 6.45) is 11.3. The summed E-state index contributed by atoms with van der Waals surface area (Å²) < 4.78 is 11.9. The Morgan fingerprint density at radius 1 is 1.32 bits per heavy atom. The van der Waals surface area contributed by atoms with E-state index in [9.17, 15) is 4.79 Å². The standard InChI is InChI=1S/C24H34N4O3/c1-3-19-8-7-9-20(16-19)27-23(29)17-26-24(25-4-2)28-13-11-21(12-14-28)31-18-22-10-5-6-15-30-22/h1,7-9,16,21-22H,4-6,10-15,17-18H2,2H3,(H,25,26)(H,27,29). The normalized spacial score (nSPS) is 20.2. The van der Waals surface area contributed by atoms with Crippen molar-refractivity contribution in [2.24, 2.45) is 4.99 Å². The second kappa shape index (κ2) is 12.3. The lowest BCUT2D eigenvalue weighted by atomic mass is 10.1. The van der Waals surface area contributed by atoms with E-state index in [4.69, 9.17) is 15.9 Å². The van der Waals surface area contributed by atoms with Crippen molar-refractivity contribution in [2.45, 2.75) is 51.2 Å². The minimum absolute atomic E-state index is 0.0536. The van der Waals surface area contributed by atoms with Crippen LogP contribution in [0, 0.1) is 12.3 Å². The Morgan fingerprint density at radius 3 is 2.87 bits per heavy atom. The first-order chi connectivity index (χ1) is 15.2. The molecule has 2 fully saturated rings. The lowest BCUT2D eigenvalue weighted by Gasteiger charge is -2.35. The lowest BCUT2D eigenvalue weighted by Crippen LogP contribution is -2.47. The van der Waals surface area contributed by atoms with Gasteiger partial charge < -0.3 is 25.0 Å². The molecule has 2 saturated heterocycles. The van der Waals surface area contributed by atoms with E-state index in [-0.39, 0.29) is 24.7 Å². The van der Waals surface area contributed by atoms with Crippen LogP contribution in [0.2, 0.25) is 0 Å². The Hall–Kier alpha value is -2.56. The molecule has 1 aromatic rings. The lowest BCUT2D eigenvalue weighted by molar-refractivity contribution is -0.114. The number of nitrogens with one attached hydrogen (secondary N) is 2. The summed E-state index contributed by atoms with van der Waals surface area (Å²) in [7, 11) is 0. The van der Waals surface area contributed by atoms with E-state index in [0.29, 0.717) is 12.3 Å². The van der Waals surface area contributed by atoms with E-state index >= 15 is 0 Å². The van der Waals surface area contributed by atoms with Crippen LogP contribution in [0.5, 0.6) is 0 Å². The third-order valence-corrected chi connectivity index (χ3v) is 5.55. The number of hydrogen-bond donors (Lipinski definition) is 2. The van der Waals surface area contributed by atoms with Gasteiger partial charge in [0.2, 0.25) is 5.91 Å². The molecule has 1 amide bonds. The summed E-state index contributed by atoms with van der Waals surface area (Å²) in [5.41, 5.74) is 1.41. The zero-order valence-electron chi connectivity index (χ0n) is 18.4. The highest BCUT2D eigenvalue weighted by Gasteiger charge is 2.24. The molecule has 168 valence electrons. The molecule has 31 heavy (non-hydrogen) atoms. The zero-order valence-corrected chi connectivity index (χ0v) is 18.4. The monoisotopic (exact) mass is 426 g/mol. The molecular formula is C24H34N4O3. The Morgan fingerprint density at radius 2 is 2.16 bits per heavy atom. The molecule has 1 atom stereocenters. The van der Waals surface area contributed by atoms with Gasteiger partial charge in [0.15, 0.2) is 5.96 Å². The first-order valence-corrected chi connectivity index (χ1v) is 11.3. The highest BCUT2D eigenvalue weighted by atomic mass is 16.5. The predicted octanol–water partition coefficient (Wildman–Crippen LogP) is 2.62. The number of rotatable bonds is 7. The maximum absolute atomic E-state index is 12.3. The summed E-state index contributed by atoms with van der Waals surface area (Å²) in [5.74, 6) is 3.17. The van der Waals surface area contributed by atoms with Gasteiger partial charge in [0.1, 0.15) is 6.54 Å². The topological polar surface area (TPSA) is 75.2 Å². The van der Waals surface area contributed by atoms with Crippen LogP contribution in [0.3, 0.4) is 0 Å². The van der Waals surface area contributed by atoms with E-state index in [1.54, 1.807) is 6.07 Å². The van der Waals surface area contributed by atoms with Crippen molar-refractivity contribution in [2.75, 3.05) is 44.7 Å². The Bertz CT molecular complexity index is 775. The van der Waals surface area contributed by atoms with Crippen LogP contribution < -0.4 is 10.6 Å². The van der Waals surface area contributed by atoms with Gasteiger partial charge in [-0.05, 0) is 57.2 Å². The summed E-state index contributed by atoms with van der Waals surface area (Å²) in [6.45, 7) is 6.10. The molecule has 1 unspecified atom stereocenters. The first kappa shape index (κ1) is 23.1. The van der Waals surface area contributed by atoms with Gasteiger partial charge >= 0.3 is 0 Å². The van der Waals surface area contributed by atoms with Crippen LogP contribution in [0.4, 0.5) is 5.69 Å². The van der Waals surface area contributed by atoms with Crippen molar-refractivity contribution in [3.63, 3.8) is 0 Å². The van der Waals surface area contributed by atoms with Gasteiger partial charge in [-0.25, -0.2) is 4.99 Å². The summed E-state index contributed by atoms with van der Waals surface area (Å²) in [5, 5.41) is 6.15. The number of amides is 1. The second-order valence-electron chi connectivity index (χ2n) is 7.95. The smallest absolute Gasteiger partial charge is 0.246 e. The van der Waals surface area contributed by atoms with E-state index < -0.39 is 0 Å². The number of likely N-dealkylation sites (tertiary alicyclic amines) is 1. The Balaban J connectivity index is 1.45. The van der Waals surface area contributed by atoms with Crippen molar-refractivity contribution >= 4 is 17.6 Å². The number of piperidine rings is 1. The number of guanidine groups is 1. The number of anilines is 1. The quantitative estimate of drug-likeness (QED) is 0.398. The number of benzene rings is 1. The van der Waals surface area contributed by atoms with Crippen LogP contribution >= 0.6 is 0 Å². The van der Waals surface area contributed by atoms with Gasteiger partial charge in [0, 0.05) is 37.5 Å². The van der Waals surface area contributed by atoms with Gasteiger partial charge in [-0.2, -0.15) is 0 Å². The molecule has 2 N–H and O–H groups in total. The molecule has 0 spiro atoms. The molecule has 3 rings (SSSR count). The third kappa shape index (κ3) is 7.57. The average Bonchev–Trinajstić information content (AvgIpc) is 2.81. The maximum Gasteiger partial charge on any atom is 0.246 e. The van der Waals surface area contributed by atoms with Crippen molar-refractivity contribution < 1.29 is 14.3 Å². The van der Waals surface area contributed by atoms with Gasteiger partial charge in [0.25, 0.3) is 0 Å². The molecule has 1 aromatic carbocycles. The summed E-state index contributed by atoms with van der Waals surface area (Å²) in [6, 6.07) is 7.24. The number of nitrogens with zero attached hydrogens (tertiary/aromatic N) is 2. The van der Waals surface area contributed by atoms with E-state index in [2.05, 4.69) is 26.4 Å². The minimum Gasteiger partial charge on any atom is -0.376 e. The fourth-order valence-corrected chi connectivity index (χ4v) is 3.88. The minimum atomic E-state index is -0.171. The van der Waals surface area contributed by atoms with Crippen LogP contribution in [0.1, 0.15) is 44.6 Å². The van der Waals surface area contributed by atoms with Crippen molar-refractivity contribution in [1.29, 1.82) is 0 Å². The van der Waals surface area contributed by atoms with E-state index in [1.807, 2.05) is 25.1 Å². The largest absolute Gasteiger partial charge is 0.376 e. The maximum atomic E-state index is 12.3. The molecular weight excluding hydrogens is 392 g/mol. The van der Waals surface area contributed by atoms with Crippen LogP contribution in [-0.4, -0.2) is 68.4 Å². The molecule has 7 heteroatoms. The Kier molecular flexibility index (Phi) is 9.19. The average molecular weight is 427 g/mol. The molecule has 0 bridgehead atoms. The molecule has 7 nitrogen and oxygen atoms in total. The van der Waals surface area contributed by atoms with Crippen molar-refractivity contribution in [3.8, 4) is 12.3 Å². The fraction of sp³-hybridized carbons (Fsp3) is 0.583. The first-order valence-electron chi connectivity index (χ1n) is 11.3. The number of aliphatic imine (C=N–C) groups is 1. The molecule has 0 aromatic heterocycles. The zero-order chi connectivity index (χ0) is 21.9. The van der Waals surface area contributed by atoms with Gasteiger partial charge in [-0.15, -0.1) is 6.42 Å². The van der Waals surface area contributed by atoms with Gasteiger partial charge in [0.05, 0.1) is 18.8 Å². The second-order valence-corrected chi connectivity index (χ2v) is 7.95. The molecule has 0 aliphatic carbocycles. The van der Waals surface area contributed by atoms with Crippen LogP contribution in [-0.2, 0) is 14.3 Å². The predicted molar refractivity (Wildman–Crippen MR) is 123 cm³/mol. The fourth-order valence-electron chi connectivity index (χ4n) is 3.88. The highest BCUT2D eigenvalue weighted by molar-refractivity contribution is 5.94. The van der Waals surface area contributed by atoms with Crippen LogP contribution in [0.15, 0.2) is 29.3 Å². The number of carbonyl (C=O) groups is 1. The number of terminal acetylenes is 1. The van der Waals surface area contributed by atoms with Gasteiger partial charge in [-0.3, -0.25) is 4.79 Å². The number of carbonyl (C=O) groups excluding carboxylic acids is 1. The van der Waals surface area contributed by atoms with E-state index in [0.717, 1.165) is 63.4 Å². The number of hydrogen-bond acceptors (Lipinski definition) is 4. The van der Waals surface area contributed by atoms with Gasteiger partial charge in [-0.1, -0.05) is 12.0 Å². The third-order valence-electron chi connectivity index (χ3n) is 5.55.